The molecule has 0 aliphatic carbocycles. The van der Waals surface area contributed by atoms with Gasteiger partial charge < -0.3 is 9.47 Å². The maximum Gasteiger partial charge on any atom is 0.0810 e. The predicted molar refractivity (Wildman–Crippen MR) is 58.5 cm³/mol. The van der Waals surface area contributed by atoms with Gasteiger partial charge in [-0.2, -0.15) is 0 Å². The molecule has 0 amide bonds. The largest absolute Gasteiger partial charge is 0.381 e. The number of rotatable bonds is 9. The van der Waals surface area contributed by atoms with Gasteiger partial charge in [-0.05, 0) is 31.6 Å². The number of hydrogen-bond donors (Lipinski definition) is 0. The van der Waals surface area contributed by atoms with E-state index in [2.05, 4.69) is 13.8 Å². The second-order valence-electron chi connectivity index (χ2n) is 4.39. The van der Waals surface area contributed by atoms with Gasteiger partial charge in [-0.15, -0.1) is 0 Å². The molecule has 1 aliphatic heterocycles. The highest BCUT2D eigenvalue weighted by Crippen LogP contribution is 2.20. The summed E-state index contributed by atoms with van der Waals surface area (Å²) in [7, 11) is 0. The Bertz CT molecular complexity index is 132. The summed E-state index contributed by atoms with van der Waals surface area (Å²) in [6.07, 6.45) is 6.77. The fourth-order valence-corrected chi connectivity index (χ4v) is 1.48. The zero-order chi connectivity index (χ0) is 10.2. The summed E-state index contributed by atoms with van der Waals surface area (Å²) in [6, 6.07) is 0. The molecule has 0 radical (unpaired) electrons. The van der Waals surface area contributed by atoms with E-state index in [-0.39, 0.29) is 0 Å². The summed E-state index contributed by atoms with van der Waals surface area (Å²) in [4.78, 5) is 0. The average molecular weight is 200 g/mol. The van der Waals surface area contributed by atoms with E-state index in [1.807, 2.05) is 0 Å². The van der Waals surface area contributed by atoms with Crippen LogP contribution in [0.1, 0.15) is 46.0 Å². The fraction of sp³-hybridized carbons (Fsp3) is 1.00. The van der Waals surface area contributed by atoms with Gasteiger partial charge in [0, 0.05) is 13.2 Å². The Hall–Kier alpha value is -0.0800. The predicted octanol–water partition coefficient (Wildman–Crippen LogP) is 3.01. The minimum absolute atomic E-state index is 0.596. The molecule has 1 rings (SSSR count). The van der Waals surface area contributed by atoms with E-state index >= 15 is 0 Å². The second kappa shape index (κ2) is 7.24. The maximum absolute atomic E-state index is 5.54. The van der Waals surface area contributed by atoms with Crippen LogP contribution in [0, 0.1) is 5.92 Å². The van der Waals surface area contributed by atoms with Crippen LogP contribution < -0.4 is 0 Å². The Morgan fingerprint density at radius 1 is 1.36 bits per heavy atom. The molecule has 1 aliphatic rings. The Labute approximate surface area is 88.0 Å². The number of unbranched alkanes of at least 4 members (excludes halogenated alkanes) is 1. The van der Waals surface area contributed by atoms with Crippen LogP contribution in [0.3, 0.4) is 0 Å². The second-order valence-corrected chi connectivity index (χ2v) is 4.39. The van der Waals surface area contributed by atoms with E-state index in [1.54, 1.807) is 0 Å². The van der Waals surface area contributed by atoms with E-state index in [0.29, 0.717) is 6.10 Å². The summed E-state index contributed by atoms with van der Waals surface area (Å²) in [5.74, 6) is 0.792. The molecular weight excluding hydrogens is 176 g/mol. The van der Waals surface area contributed by atoms with Crippen LogP contribution in [0.4, 0.5) is 0 Å². The summed E-state index contributed by atoms with van der Waals surface area (Å²) in [6.45, 7) is 7.38. The molecule has 2 heteroatoms. The molecule has 2 nitrogen and oxygen atoms in total. The van der Waals surface area contributed by atoms with Crippen molar-refractivity contribution in [3.05, 3.63) is 0 Å². The maximum atomic E-state index is 5.54. The molecule has 1 saturated heterocycles. The number of epoxide rings is 1. The minimum atomic E-state index is 0.596. The smallest absolute Gasteiger partial charge is 0.0810 e. The molecule has 0 spiro atoms. The van der Waals surface area contributed by atoms with Crippen LogP contribution in [0.2, 0.25) is 0 Å². The van der Waals surface area contributed by atoms with Crippen LogP contribution in [-0.2, 0) is 9.47 Å². The Morgan fingerprint density at radius 3 is 2.79 bits per heavy atom. The molecule has 0 aromatic heterocycles. The van der Waals surface area contributed by atoms with Crippen molar-refractivity contribution >= 4 is 0 Å². The summed E-state index contributed by atoms with van der Waals surface area (Å²) < 4.78 is 10.7. The van der Waals surface area contributed by atoms with E-state index in [9.17, 15) is 0 Å². The van der Waals surface area contributed by atoms with Crippen molar-refractivity contribution in [3.63, 3.8) is 0 Å². The Balaban J connectivity index is 1.79. The van der Waals surface area contributed by atoms with Crippen molar-refractivity contribution in [3.8, 4) is 0 Å². The van der Waals surface area contributed by atoms with E-state index in [4.69, 9.17) is 9.47 Å². The number of ether oxygens (including phenoxy) is 2. The zero-order valence-electron chi connectivity index (χ0n) is 9.63. The highest BCUT2D eigenvalue weighted by molar-refractivity contribution is 4.69. The average Bonchev–Trinajstić information content (AvgIpc) is 2.98. The van der Waals surface area contributed by atoms with Crippen molar-refractivity contribution < 1.29 is 9.47 Å². The summed E-state index contributed by atoms with van der Waals surface area (Å²) in [5.41, 5.74) is 0. The van der Waals surface area contributed by atoms with Gasteiger partial charge in [0.1, 0.15) is 0 Å². The molecule has 0 bridgehead atoms. The fourth-order valence-electron chi connectivity index (χ4n) is 1.48. The van der Waals surface area contributed by atoms with Crippen molar-refractivity contribution in [2.45, 2.75) is 52.1 Å². The molecule has 2 atom stereocenters. The molecule has 0 saturated carbocycles. The zero-order valence-corrected chi connectivity index (χ0v) is 9.63. The highest BCUT2D eigenvalue weighted by atomic mass is 16.6. The molecule has 84 valence electrons. The lowest BCUT2D eigenvalue weighted by atomic mass is 10.0. The molecule has 1 heterocycles. The van der Waals surface area contributed by atoms with Crippen LogP contribution in [-0.4, -0.2) is 25.9 Å². The molecular formula is C12H24O2. The molecule has 0 aromatic carbocycles. The first-order chi connectivity index (χ1) is 6.83. The van der Waals surface area contributed by atoms with E-state index in [0.717, 1.165) is 25.7 Å². The molecule has 2 unspecified atom stereocenters. The third kappa shape index (κ3) is 6.39. The highest BCUT2D eigenvalue weighted by Gasteiger charge is 2.22. The molecule has 0 N–H and O–H groups in total. The lowest BCUT2D eigenvalue weighted by Gasteiger charge is -2.10. The van der Waals surface area contributed by atoms with Crippen molar-refractivity contribution in [1.29, 1.82) is 0 Å². The molecule has 0 aromatic rings. The first-order valence-corrected chi connectivity index (χ1v) is 6.02. The van der Waals surface area contributed by atoms with Crippen LogP contribution in [0.25, 0.3) is 0 Å². The Kier molecular flexibility index (Phi) is 6.20. The van der Waals surface area contributed by atoms with Gasteiger partial charge in [0.05, 0.1) is 12.7 Å². The minimum Gasteiger partial charge on any atom is -0.381 e. The SMILES string of the molecule is CCCCOCCC(C)CCC1CO1. The van der Waals surface area contributed by atoms with Gasteiger partial charge in [-0.1, -0.05) is 20.3 Å². The van der Waals surface area contributed by atoms with Gasteiger partial charge in [0.15, 0.2) is 0 Å². The van der Waals surface area contributed by atoms with Gasteiger partial charge in [0.25, 0.3) is 0 Å². The third-order valence-corrected chi connectivity index (χ3v) is 2.78. The quantitative estimate of drug-likeness (QED) is 0.421. The van der Waals surface area contributed by atoms with Gasteiger partial charge >= 0.3 is 0 Å². The molecule has 1 fully saturated rings. The van der Waals surface area contributed by atoms with Gasteiger partial charge in [-0.25, -0.2) is 0 Å². The first kappa shape index (κ1) is 12.0. The first-order valence-electron chi connectivity index (χ1n) is 6.02. The number of hydrogen-bond acceptors (Lipinski definition) is 2. The lowest BCUT2D eigenvalue weighted by molar-refractivity contribution is 0.117. The normalized spacial score (nSPS) is 22.3. The van der Waals surface area contributed by atoms with Crippen molar-refractivity contribution in [2.75, 3.05) is 19.8 Å². The third-order valence-electron chi connectivity index (χ3n) is 2.78. The lowest BCUT2D eigenvalue weighted by Crippen LogP contribution is -2.04. The van der Waals surface area contributed by atoms with Gasteiger partial charge in [0.2, 0.25) is 0 Å². The van der Waals surface area contributed by atoms with Gasteiger partial charge in [-0.3, -0.25) is 0 Å². The van der Waals surface area contributed by atoms with Crippen molar-refractivity contribution in [2.24, 2.45) is 5.92 Å². The van der Waals surface area contributed by atoms with Crippen LogP contribution >= 0.6 is 0 Å². The van der Waals surface area contributed by atoms with E-state index < -0.39 is 0 Å². The summed E-state index contributed by atoms with van der Waals surface area (Å²) >= 11 is 0. The summed E-state index contributed by atoms with van der Waals surface area (Å²) in [5, 5.41) is 0. The monoisotopic (exact) mass is 200 g/mol. The topological polar surface area (TPSA) is 21.8 Å². The van der Waals surface area contributed by atoms with Crippen LogP contribution in [0.5, 0.6) is 0 Å². The standard InChI is InChI=1S/C12H24O2/c1-3-4-8-13-9-7-11(2)5-6-12-10-14-12/h11-12H,3-10H2,1-2H3. The van der Waals surface area contributed by atoms with E-state index in [1.165, 1.54) is 32.1 Å². The van der Waals surface area contributed by atoms with Crippen molar-refractivity contribution in [1.82, 2.24) is 0 Å². The van der Waals surface area contributed by atoms with Crippen LogP contribution in [0.15, 0.2) is 0 Å². The molecule has 14 heavy (non-hydrogen) atoms. The Morgan fingerprint density at radius 2 is 2.14 bits per heavy atom.